The van der Waals surface area contributed by atoms with E-state index < -0.39 is 28.0 Å². The van der Waals surface area contributed by atoms with Crippen LogP contribution in [0, 0.1) is 11.1 Å². The Hall–Kier alpha value is -4.76. The number of carboxylic acid groups (broad SMARTS) is 1. The van der Waals surface area contributed by atoms with E-state index in [9.17, 15) is 28.3 Å². The molecule has 1 amide bonds. The summed E-state index contributed by atoms with van der Waals surface area (Å²) in [5.74, 6) is -0.968. The van der Waals surface area contributed by atoms with Crippen molar-refractivity contribution in [1.29, 1.82) is 0 Å². The maximum Gasteiger partial charge on any atom is 0.414 e. The molecule has 3 fully saturated rings. The van der Waals surface area contributed by atoms with Crippen LogP contribution in [0.2, 0.25) is 10.0 Å². The zero-order valence-electron chi connectivity index (χ0n) is 29.8. The largest absolute Gasteiger partial charge is 0.619 e. The number of methoxy groups -OCH3 is 2. The number of aromatic carboxylic acids is 1. The highest BCUT2D eigenvalue weighted by Gasteiger charge is 2.38. The lowest BCUT2D eigenvalue weighted by Crippen LogP contribution is -2.53. The summed E-state index contributed by atoms with van der Waals surface area (Å²) in [7, 11) is -0.678. The zero-order chi connectivity index (χ0) is 38.7. The van der Waals surface area contributed by atoms with Crippen LogP contribution in [0.15, 0.2) is 73.1 Å². The van der Waals surface area contributed by atoms with E-state index in [1.54, 1.807) is 48.5 Å². The van der Waals surface area contributed by atoms with Crippen molar-refractivity contribution in [2.75, 3.05) is 49.7 Å². The lowest BCUT2D eigenvalue weighted by Gasteiger charge is -2.44. The van der Waals surface area contributed by atoms with Gasteiger partial charge in [-0.05, 0) is 91.4 Å². The molecule has 4 heterocycles. The number of fused-ring (bicyclic) bond motifs is 3. The number of amides is 1. The second-order valence-corrected chi connectivity index (χ2v) is 16.0. The second-order valence-electron chi connectivity index (χ2n) is 13.4. The Bertz CT molecular complexity index is 2140. The predicted octanol–water partition coefficient (Wildman–Crippen LogP) is 6.33. The van der Waals surface area contributed by atoms with Crippen LogP contribution < -0.4 is 23.8 Å². The molecule has 3 aliphatic heterocycles. The number of benzene rings is 3. The highest BCUT2D eigenvalue weighted by molar-refractivity contribution is 7.92. The number of carbonyl (C=O) groups excluding carboxylic acids is 1. The molecule has 0 radical (unpaired) electrons. The third-order valence-electron chi connectivity index (χ3n) is 9.91. The third-order valence-corrected chi connectivity index (χ3v) is 11.2. The average molecular weight is 800 g/mol. The summed E-state index contributed by atoms with van der Waals surface area (Å²) >= 11 is 13.2. The van der Waals surface area contributed by atoms with E-state index in [0.29, 0.717) is 50.7 Å². The Kier molecular flexibility index (Phi) is 11.8. The van der Waals surface area contributed by atoms with Gasteiger partial charge in [0.05, 0.1) is 38.3 Å². The van der Waals surface area contributed by atoms with Crippen LogP contribution in [0.4, 0.5) is 16.2 Å². The van der Waals surface area contributed by atoms with Gasteiger partial charge in [0, 0.05) is 23.7 Å². The number of anilines is 2. The first kappa shape index (κ1) is 38.9. The molecule has 3 aromatic carbocycles. The maximum absolute atomic E-state index is 14.4. The van der Waals surface area contributed by atoms with E-state index in [1.165, 1.54) is 43.6 Å². The molecular weight excluding hydrogens is 759 g/mol. The van der Waals surface area contributed by atoms with Crippen LogP contribution in [0.3, 0.4) is 0 Å². The standard InChI is InChI=1S/C38H40Cl2N4O9S/c1-51-33-11-10-24(16-34(33)52-2)29(18-30-31(39)20-43(48)21-32(30)40)36-25(6-4-9-28(36)37(45)46)19-44(27-8-5-7-26(17-27)41-54(3,49)50)38(47)53-35-22-42-14-12-23(35)13-15-42/h4-11,16-17,20-21,23,29,35,41H,12-15,18-19,22H2,1-3H3,(H,45,46)/t29-,35-/m0/s1. The molecule has 1 aromatic heterocycles. The van der Waals surface area contributed by atoms with Gasteiger partial charge in [-0.25, -0.2) is 18.0 Å². The molecule has 3 aliphatic rings. The quantitative estimate of drug-likeness (QED) is 0.116. The summed E-state index contributed by atoms with van der Waals surface area (Å²) in [4.78, 5) is 31.0. The SMILES string of the molecule is COc1ccc([C@H](Cc2c(Cl)c[n+]([O-])cc2Cl)c2c(CN(C(=O)O[C@H]3CN4CCC3CC4)c3cccc(NS(C)(=O)=O)c3)cccc2C(=O)O)cc1OC. The van der Waals surface area contributed by atoms with E-state index in [-0.39, 0.29) is 46.3 Å². The third kappa shape index (κ3) is 8.78. The number of carboxylic acids is 1. The lowest BCUT2D eigenvalue weighted by atomic mass is 9.80. The van der Waals surface area contributed by atoms with Crippen LogP contribution in [0.5, 0.6) is 11.5 Å². The van der Waals surface area contributed by atoms with Gasteiger partial charge in [0.25, 0.3) is 0 Å². The Morgan fingerprint density at radius 2 is 1.70 bits per heavy atom. The fourth-order valence-corrected chi connectivity index (χ4v) is 8.51. The summed E-state index contributed by atoms with van der Waals surface area (Å²) in [6, 6.07) is 16.3. The molecule has 2 N–H and O–H groups in total. The van der Waals surface area contributed by atoms with Crippen LogP contribution in [0.25, 0.3) is 0 Å². The van der Waals surface area contributed by atoms with E-state index in [2.05, 4.69) is 9.62 Å². The molecule has 0 saturated carbocycles. The fraction of sp³-hybridized carbons (Fsp3) is 0.342. The molecule has 0 spiro atoms. The fourth-order valence-electron chi connectivity index (χ4n) is 7.36. The maximum atomic E-state index is 14.4. The molecule has 3 saturated heterocycles. The molecular formula is C38H40Cl2N4O9S. The first-order valence-corrected chi connectivity index (χ1v) is 19.8. The van der Waals surface area contributed by atoms with Crippen LogP contribution in [-0.2, 0) is 27.7 Å². The van der Waals surface area contributed by atoms with Crippen LogP contribution in [-0.4, -0.2) is 76.7 Å². The molecule has 0 unspecified atom stereocenters. The van der Waals surface area contributed by atoms with Crippen molar-refractivity contribution in [1.82, 2.24) is 4.90 Å². The number of hydrogen-bond acceptors (Lipinski definition) is 9. The van der Waals surface area contributed by atoms with Crippen LogP contribution >= 0.6 is 23.2 Å². The summed E-state index contributed by atoms with van der Waals surface area (Å²) in [6.45, 7) is 2.31. The zero-order valence-corrected chi connectivity index (χ0v) is 32.2. The molecule has 4 aromatic rings. The number of rotatable bonds is 13. The molecule has 54 heavy (non-hydrogen) atoms. The van der Waals surface area contributed by atoms with Gasteiger partial charge in [0.15, 0.2) is 23.9 Å². The Morgan fingerprint density at radius 1 is 1.02 bits per heavy atom. The average Bonchev–Trinajstić information content (AvgIpc) is 3.13. The first-order valence-electron chi connectivity index (χ1n) is 17.2. The number of hydrogen-bond donors (Lipinski definition) is 2. The highest BCUT2D eigenvalue weighted by Crippen LogP contribution is 2.41. The minimum absolute atomic E-state index is 0.0447. The van der Waals surface area contributed by atoms with Gasteiger partial charge in [-0.2, -0.15) is 4.73 Å². The van der Waals surface area contributed by atoms with E-state index in [4.69, 9.17) is 37.4 Å². The Labute approximate surface area is 323 Å². The number of carbonyl (C=O) groups is 2. The van der Waals surface area contributed by atoms with Crippen molar-refractivity contribution < 1.29 is 42.1 Å². The van der Waals surface area contributed by atoms with Gasteiger partial charge >= 0.3 is 12.1 Å². The first-order chi connectivity index (χ1) is 25.7. The molecule has 16 heteroatoms. The second kappa shape index (κ2) is 16.3. The Balaban J connectivity index is 1.51. The molecule has 7 rings (SSSR count). The summed E-state index contributed by atoms with van der Waals surface area (Å²) in [6.07, 6.45) is 4.19. The van der Waals surface area contributed by atoms with Gasteiger partial charge in [-0.15, -0.1) is 0 Å². The number of aromatic nitrogens is 1. The summed E-state index contributed by atoms with van der Waals surface area (Å²) < 4.78 is 44.6. The lowest BCUT2D eigenvalue weighted by molar-refractivity contribution is -0.605. The number of ether oxygens (including phenoxy) is 3. The van der Waals surface area contributed by atoms with Gasteiger partial charge in [-0.1, -0.05) is 47.5 Å². The number of pyridine rings is 1. The summed E-state index contributed by atoms with van der Waals surface area (Å²) in [5.41, 5.74) is 2.29. The van der Waals surface area contributed by atoms with Crippen molar-refractivity contribution in [2.24, 2.45) is 5.92 Å². The van der Waals surface area contributed by atoms with Crippen molar-refractivity contribution in [3.05, 3.63) is 116 Å². The van der Waals surface area contributed by atoms with Crippen LogP contribution in [0.1, 0.15) is 51.4 Å². The number of halogens is 2. The van der Waals surface area contributed by atoms with Crippen molar-refractivity contribution in [3.8, 4) is 11.5 Å². The summed E-state index contributed by atoms with van der Waals surface area (Å²) in [5, 5.41) is 23.0. The smallest absolute Gasteiger partial charge is 0.414 e. The van der Waals surface area contributed by atoms with Crippen molar-refractivity contribution in [2.45, 2.75) is 37.8 Å². The number of piperidine rings is 3. The normalized spacial score (nSPS) is 18.4. The Morgan fingerprint density at radius 3 is 2.31 bits per heavy atom. The molecule has 0 aliphatic carbocycles. The minimum Gasteiger partial charge on any atom is -0.619 e. The number of nitrogens with one attached hydrogen (secondary N) is 1. The van der Waals surface area contributed by atoms with Crippen molar-refractivity contribution in [3.63, 3.8) is 0 Å². The van der Waals surface area contributed by atoms with E-state index in [0.717, 1.165) is 32.2 Å². The number of nitrogens with zero attached hydrogens (tertiary/aromatic N) is 3. The molecule has 13 nitrogen and oxygen atoms in total. The van der Waals surface area contributed by atoms with Crippen molar-refractivity contribution >= 4 is 56.7 Å². The van der Waals surface area contributed by atoms with Gasteiger partial charge in [0.1, 0.15) is 16.1 Å². The number of sulfonamides is 1. The monoisotopic (exact) mass is 798 g/mol. The van der Waals surface area contributed by atoms with Gasteiger partial charge < -0.3 is 24.5 Å². The minimum atomic E-state index is -3.66. The molecule has 2 bridgehead atoms. The molecule has 286 valence electrons. The topological polar surface area (TPSA) is 162 Å². The predicted molar refractivity (Wildman–Crippen MR) is 204 cm³/mol. The van der Waals surface area contributed by atoms with E-state index in [1.807, 2.05) is 0 Å². The van der Waals surface area contributed by atoms with Gasteiger partial charge in [-0.3, -0.25) is 14.5 Å². The van der Waals surface area contributed by atoms with Gasteiger partial charge in [0.2, 0.25) is 10.0 Å². The van der Waals surface area contributed by atoms with E-state index >= 15 is 0 Å². The molecule has 2 atom stereocenters. The highest BCUT2D eigenvalue weighted by atomic mass is 35.5.